The zero-order valence-electron chi connectivity index (χ0n) is 41.6. The van der Waals surface area contributed by atoms with Crippen LogP contribution in [0.2, 0.25) is 0 Å². The lowest BCUT2D eigenvalue weighted by molar-refractivity contribution is -0.870. The number of carbonyl (C=O) groups excluding carboxylic acids is 2. The molecule has 0 radical (unpaired) electrons. The Kier molecular flexibility index (Phi) is 43.7. The number of carbonyl (C=O) groups is 2. The fourth-order valence-corrected chi connectivity index (χ4v) is 7.76. The van der Waals surface area contributed by atoms with Gasteiger partial charge in [0.05, 0.1) is 27.7 Å². The largest absolute Gasteiger partial charge is 0.472 e. The molecule has 0 heterocycles. The average Bonchev–Trinajstić information content (AvgIpc) is 3.24. The standard InChI is InChI=1S/C53H98NO8P/c1-6-8-10-12-14-16-18-20-22-24-25-26-27-28-29-30-32-34-36-38-40-42-44-46-53(56)62-51(50-61-63(57,58)60-48-47-54(3,4)5)49-59-52(55)45-43-41-39-37-35-33-31-23-21-19-17-15-13-11-9-7-2/h18,20,23-25,27-28,31,51H,6-17,19,21-22,26,29-30,32-50H2,1-5H3/p+1/b20-18-,25-24-,28-27-,31-23-. The van der Waals surface area contributed by atoms with Gasteiger partial charge in [0.2, 0.25) is 0 Å². The van der Waals surface area contributed by atoms with E-state index in [9.17, 15) is 19.0 Å². The Hall–Kier alpha value is -2.03. The summed E-state index contributed by atoms with van der Waals surface area (Å²) in [7, 11) is 1.47. The first-order chi connectivity index (χ1) is 30.5. The van der Waals surface area contributed by atoms with Crippen molar-refractivity contribution in [2.75, 3.05) is 47.5 Å². The molecule has 0 aromatic heterocycles. The molecule has 0 bridgehead atoms. The number of allylic oxidation sites excluding steroid dienone is 8. The van der Waals surface area contributed by atoms with Crippen LogP contribution in [0.25, 0.3) is 0 Å². The molecule has 0 aromatic rings. The van der Waals surface area contributed by atoms with Gasteiger partial charge in [0.25, 0.3) is 0 Å². The molecule has 0 amide bonds. The van der Waals surface area contributed by atoms with Crippen LogP contribution in [0.1, 0.15) is 226 Å². The predicted molar refractivity (Wildman–Crippen MR) is 266 cm³/mol. The summed E-state index contributed by atoms with van der Waals surface area (Å²) in [6.45, 7) is 4.41. The molecule has 2 atom stereocenters. The third kappa shape index (κ3) is 49.2. The third-order valence-corrected chi connectivity index (χ3v) is 12.1. The maximum absolute atomic E-state index is 12.8. The number of phosphoric acid groups is 1. The monoisotopic (exact) mass is 909 g/mol. The van der Waals surface area contributed by atoms with E-state index < -0.39 is 26.5 Å². The molecule has 0 aliphatic rings. The lowest BCUT2D eigenvalue weighted by atomic mass is 10.1. The van der Waals surface area contributed by atoms with Crippen LogP contribution in [-0.4, -0.2) is 74.9 Å². The molecular weight excluding hydrogens is 810 g/mol. The van der Waals surface area contributed by atoms with Crippen molar-refractivity contribution in [2.45, 2.75) is 232 Å². The summed E-state index contributed by atoms with van der Waals surface area (Å²) >= 11 is 0. The normalized spacial score (nSPS) is 13.8. The summed E-state index contributed by atoms with van der Waals surface area (Å²) in [5.74, 6) is -0.813. The number of nitrogens with zero attached hydrogens (tertiary/aromatic N) is 1. The highest BCUT2D eigenvalue weighted by Crippen LogP contribution is 2.43. The minimum absolute atomic E-state index is 0.0278. The van der Waals surface area contributed by atoms with Crippen molar-refractivity contribution in [1.82, 2.24) is 0 Å². The highest BCUT2D eigenvalue weighted by molar-refractivity contribution is 7.47. The van der Waals surface area contributed by atoms with Crippen molar-refractivity contribution in [3.8, 4) is 0 Å². The molecule has 9 nitrogen and oxygen atoms in total. The summed E-state index contributed by atoms with van der Waals surface area (Å²) < 4.78 is 34.4. The topological polar surface area (TPSA) is 108 Å². The Morgan fingerprint density at radius 3 is 1.29 bits per heavy atom. The maximum atomic E-state index is 12.8. The van der Waals surface area contributed by atoms with Gasteiger partial charge in [-0.3, -0.25) is 18.6 Å². The number of ether oxygens (including phenoxy) is 2. The van der Waals surface area contributed by atoms with Crippen molar-refractivity contribution < 1.29 is 42.1 Å². The summed E-state index contributed by atoms with van der Waals surface area (Å²) in [5, 5.41) is 0. The molecular formula is C53H99NO8P+. The minimum atomic E-state index is -4.38. The van der Waals surface area contributed by atoms with Crippen LogP contribution in [0, 0.1) is 0 Å². The third-order valence-electron chi connectivity index (χ3n) is 11.1. The van der Waals surface area contributed by atoms with Crippen LogP contribution in [0.3, 0.4) is 0 Å². The van der Waals surface area contributed by atoms with Crippen molar-refractivity contribution >= 4 is 19.8 Å². The molecule has 0 rings (SSSR count). The SMILES string of the molecule is CCCCCCC/C=C\C/C=C\C/C=C\CCCCCCCCCCC(=O)OC(COC(=O)CCCCCCC/C=C\CCCCCCCCC)COP(=O)(O)OCC[N+](C)(C)C. The number of rotatable bonds is 47. The molecule has 0 aliphatic carbocycles. The van der Waals surface area contributed by atoms with Gasteiger partial charge in [-0.25, -0.2) is 4.57 Å². The second-order valence-corrected chi connectivity index (χ2v) is 20.0. The maximum Gasteiger partial charge on any atom is 0.472 e. The Morgan fingerprint density at radius 1 is 0.492 bits per heavy atom. The second kappa shape index (κ2) is 45.1. The molecule has 0 saturated carbocycles. The second-order valence-electron chi connectivity index (χ2n) is 18.5. The molecule has 10 heteroatoms. The summed E-state index contributed by atoms with van der Waals surface area (Å²) in [4.78, 5) is 35.5. The smallest absolute Gasteiger partial charge is 0.462 e. The van der Waals surface area contributed by atoms with E-state index >= 15 is 0 Å². The van der Waals surface area contributed by atoms with E-state index in [1.54, 1.807) is 0 Å². The first-order valence-electron chi connectivity index (χ1n) is 25.9. The Balaban J connectivity index is 4.27. The van der Waals surface area contributed by atoms with Crippen LogP contribution >= 0.6 is 7.82 Å². The summed E-state index contributed by atoms with van der Waals surface area (Å²) in [6.07, 6.45) is 54.4. The fourth-order valence-electron chi connectivity index (χ4n) is 7.02. The van der Waals surface area contributed by atoms with E-state index in [0.717, 1.165) is 77.0 Å². The Bertz CT molecular complexity index is 1210. The van der Waals surface area contributed by atoms with Crippen LogP contribution in [0.15, 0.2) is 48.6 Å². The van der Waals surface area contributed by atoms with Gasteiger partial charge in [-0.05, 0) is 77.0 Å². The molecule has 2 unspecified atom stereocenters. The van der Waals surface area contributed by atoms with Crippen molar-refractivity contribution in [3.05, 3.63) is 48.6 Å². The first kappa shape index (κ1) is 61.0. The molecule has 1 N–H and O–H groups in total. The van der Waals surface area contributed by atoms with Gasteiger partial charge in [0.15, 0.2) is 6.10 Å². The van der Waals surface area contributed by atoms with Gasteiger partial charge in [-0.2, -0.15) is 0 Å². The van der Waals surface area contributed by atoms with Gasteiger partial charge in [0, 0.05) is 12.8 Å². The lowest BCUT2D eigenvalue weighted by Gasteiger charge is -2.24. The first-order valence-corrected chi connectivity index (χ1v) is 27.4. The van der Waals surface area contributed by atoms with Crippen molar-refractivity contribution in [3.63, 3.8) is 0 Å². The molecule has 63 heavy (non-hydrogen) atoms. The van der Waals surface area contributed by atoms with Crippen LogP contribution in [-0.2, 0) is 32.7 Å². The zero-order valence-corrected chi connectivity index (χ0v) is 42.5. The average molecular weight is 909 g/mol. The number of likely N-dealkylation sites (N-methyl/N-ethyl adjacent to an activating group) is 1. The van der Waals surface area contributed by atoms with E-state index in [0.29, 0.717) is 17.4 Å². The van der Waals surface area contributed by atoms with Crippen LogP contribution < -0.4 is 0 Å². The van der Waals surface area contributed by atoms with Crippen molar-refractivity contribution in [2.24, 2.45) is 0 Å². The van der Waals surface area contributed by atoms with Crippen molar-refractivity contribution in [1.29, 1.82) is 0 Å². The molecule has 368 valence electrons. The Morgan fingerprint density at radius 2 is 0.857 bits per heavy atom. The molecule has 0 spiro atoms. The van der Waals surface area contributed by atoms with Gasteiger partial charge in [0.1, 0.15) is 19.8 Å². The highest BCUT2D eigenvalue weighted by atomic mass is 31.2. The number of hydrogen-bond donors (Lipinski definition) is 1. The minimum Gasteiger partial charge on any atom is -0.462 e. The number of phosphoric ester groups is 1. The van der Waals surface area contributed by atoms with Gasteiger partial charge in [-0.1, -0.05) is 184 Å². The molecule has 0 aliphatic heterocycles. The summed E-state index contributed by atoms with van der Waals surface area (Å²) in [6, 6.07) is 0. The summed E-state index contributed by atoms with van der Waals surface area (Å²) in [5.41, 5.74) is 0. The van der Waals surface area contributed by atoms with E-state index in [4.69, 9.17) is 18.5 Å². The molecule has 0 aromatic carbocycles. The van der Waals surface area contributed by atoms with Gasteiger partial charge in [-0.15, -0.1) is 0 Å². The number of quaternary nitrogens is 1. The van der Waals surface area contributed by atoms with Gasteiger partial charge >= 0.3 is 19.8 Å². The van der Waals surface area contributed by atoms with Gasteiger partial charge < -0.3 is 18.9 Å². The van der Waals surface area contributed by atoms with E-state index in [-0.39, 0.29) is 32.0 Å². The molecule has 0 saturated heterocycles. The van der Waals surface area contributed by atoms with Crippen LogP contribution in [0.5, 0.6) is 0 Å². The van der Waals surface area contributed by atoms with E-state index in [2.05, 4.69) is 62.5 Å². The van der Waals surface area contributed by atoms with E-state index in [1.165, 1.54) is 116 Å². The zero-order chi connectivity index (χ0) is 46.4. The predicted octanol–water partition coefficient (Wildman–Crippen LogP) is 15.4. The number of hydrogen-bond acceptors (Lipinski definition) is 7. The van der Waals surface area contributed by atoms with E-state index in [1.807, 2.05) is 21.1 Å². The Labute approximate surface area is 388 Å². The number of unbranched alkanes of at least 4 members (excludes halogenated alkanes) is 25. The highest BCUT2D eigenvalue weighted by Gasteiger charge is 2.27. The fraction of sp³-hybridized carbons (Fsp3) is 0.811. The lowest BCUT2D eigenvalue weighted by Crippen LogP contribution is -2.37. The number of esters is 2. The quantitative estimate of drug-likeness (QED) is 0.0211. The molecule has 0 fully saturated rings. The van der Waals surface area contributed by atoms with Crippen LogP contribution in [0.4, 0.5) is 0 Å².